The van der Waals surface area contributed by atoms with Crippen molar-refractivity contribution in [1.29, 1.82) is 0 Å². The van der Waals surface area contributed by atoms with E-state index >= 15 is 0 Å². The molecule has 1 aliphatic carbocycles. The fraction of sp³-hybridized carbons (Fsp3) is 0.765. The van der Waals surface area contributed by atoms with Crippen molar-refractivity contribution >= 4 is 11.9 Å². The van der Waals surface area contributed by atoms with Gasteiger partial charge in [-0.3, -0.25) is 0 Å². The first kappa shape index (κ1) is 19.6. The molecule has 3 atom stereocenters. The average molecular weight is 328 g/mol. The molecule has 1 rings (SSSR count). The number of hydrogen-bond acceptors (Lipinski definition) is 6. The summed E-state index contributed by atoms with van der Waals surface area (Å²) in [6.45, 7) is 8.38. The van der Waals surface area contributed by atoms with Gasteiger partial charge in [-0.05, 0) is 40.0 Å². The van der Waals surface area contributed by atoms with Crippen molar-refractivity contribution in [2.45, 2.75) is 70.4 Å². The summed E-state index contributed by atoms with van der Waals surface area (Å²) in [6, 6.07) is 0. The summed E-state index contributed by atoms with van der Waals surface area (Å²) in [6.07, 6.45) is 4.14. The highest BCUT2D eigenvalue weighted by molar-refractivity contribution is 5.81. The molecule has 132 valence electrons. The molecule has 1 saturated carbocycles. The maximum absolute atomic E-state index is 12.4. The van der Waals surface area contributed by atoms with E-state index < -0.39 is 23.6 Å². The lowest BCUT2D eigenvalue weighted by molar-refractivity contribution is -0.190. The van der Waals surface area contributed by atoms with Crippen LogP contribution in [0.25, 0.3) is 0 Å². The van der Waals surface area contributed by atoms with Gasteiger partial charge in [-0.15, -0.1) is 0 Å². The summed E-state index contributed by atoms with van der Waals surface area (Å²) in [5.74, 6) is -0.959. The minimum Gasteiger partial charge on any atom is -0.460 e. The molecule has 0 aromatic carbocycles. The Labute approximate surface area is 138 Å². The fourth-order valence-electron chi connectivity index (χ4n) is 2.59. The number of esters is 2. The molecule has 0 bridgehead atoms. The Hall–Kier alpha value is -1.40. The highest BCUT2D eigenvalue weighted by Crippen LogP contribution is 2.26. The molecular formula is C17H28O6. The lowest BCUT2D eigenvalue weighted by Gasteiger charge is -2.33. The largest absolute Gasteiger partial charge is 0.460 e. The molecule has 0 amide bonds. The third-order valence-electron chi connectivity index (χ3n) is 3.82. The van der Waals surface area contributed by atoms with Crippen LogP contribution in [0, 0.1) is 0 Å². The van der Waals surface area contributed by atoms with Crippen LogP contribution >= 0.6 is 0 Å². The molecule has 0 saturated heterocycles. The van der Waals surface area contributed by atoms with Crippen molar-refractivity contribution in [2.24, 2.45) is 0 Å². The first-order chi connectivity index (χ1) is 10.8. The van der Waals surface area contributed by atoms with E-state index in [1.165, 1.54) is 0 Å². The Morgan fingerprint density at radius 1 is 1.26 bits per heavy atom. The molecule has 1 fully saturated rings. The van der Waals surface area contributed by atoms with Gasteiger partial charge in [0.2, 0.25) is 0 Å². The number of rotatable bonds is 8. The van der Waals surface area contributed by atoms with Crippen LogP contribution in [0.5, 0.6) is 0 Å². The van der Waals surface area contributed by atoms with Crippen molar-refractivity contribution in [1.82, 2.24) is 0 Å². The van der Waals surface area contributed by atoms with Crippen molar-refractivity contribution in [3.05, 3.63) is 12.7 Å². The molecule has 1 aliphatic rings. The maximum atomic E-state index is 12.4. The molecule has 3 unspecified atom stereocenters. The van der Waals surface area contributed by atoms with E-state index in [0.29, 0.717) is 0 Å². The van der Waals surface area contributed by atoms with E-state index in [1.54, 1.807) is 27.9 Å². The number of carbonyl (C=O) groups excluding carboxylic acids is 2. The van der Waals surface area contributed by atoms with E-state index in [9.17, 15) is 9.59 Å². The predicted octanol–water partition coefficient (Wildman–Crippen LogP) is 2.40. The van der Waals surface area contributed by atoms with Crippen LogP contribution in [0.2, 0.25) is 0 Å². The van der Waals surface area contributed by atoms with Gasteiger partial charge in [0, 0.05) is 13.2 Å². The number of methoxy groups -OCH3 is 1. The molecule has 0 aliphatic heterocycles. The quantitative estimate of drug-likeness (QED) is 0.503. The Kier molecular flexibility index (Phi) is 7.72. The van der Waals surface area contributed by atoms with Crippen LogP contribution in [0.1, 0.15) is 46.5 Å². The van der Waals surface area contributed by atoms with Crippen LogP contribution in [0.15, 0.2) is 12.7 Å². The van der Waals surface area contributed by atoms with Gasteiger partial charge >= 0.3 is 11.9 Å². The van der Waals surface area contributed by atoms with Crippen molar-refractivity contribution in [2.75, 3.05) is 13.7 Å². The number of hydrogen-bond donors (Lipinski definition) is 0. The van der Waals surface area contributed by atoms with Gasteiger partial charge in [-0.2, -0.15) is 0 Å². The lowest BCUT2D eigenvalue weighted by atomic mass is 9.94. The zero-order chi connectivity index (χ0) is 17.5. The second-order valence-electron chi connectivity index (χ2n) is 6.28. The second-order valence-corrected chi connectivity index (χ2v) is 6.28. The van der Waals surface area contributed by atoms with Crippen LogP contribution in [0.4, 0.5) is 0 Å². The third-order valence-corrected chi connectivity index (χ3v) is 3.82. The van der Waals surface area contributed by atoms with E-state index in [-0.39, 0.29) is 18.8 Å². The molecule has 0 heterocycles. The molecule has 0 aromatic rings. The first-order valence-corrected chi connectivity index (χ1v) is 8.01. The highest BCUT2D eigenvalue weighted by atomic mass is 16.6. The van der Waals surface area contributed by atoms with Crippen LogP contribution in [-0.4, -0.2) is 49.6 Å². The Morgan fingerprint density at radius 2 is 1.87 bits per heavy atom. The second kappa shape index (κ2) is 9.03. The van der Waals surface area contributed by atoms with Gasteiger partial charge in [0.15, 0.2) is 5.60 Å². The van der Waals surface area contributed by atoms with Crippen LogP contribution in [0.3, 0.4) is 0 Å². The molecule has 0 aromatic heterocycles. The minimum atomic E-state index is -1.13. The van der Waals surface area contributed by atoms with Crippen molar-refractivity contribution in [3.63, 3.8) is 0 Å². The zero-order valence-corrected chi connectivity index (χ0v) is 14.5. The Balaban J connectivity index is 2.51. The van der Waals surface area contributed by atoms with E-state index in [4.69, 9.17) is 18.9 Å². The summed E-state index contributed by atoms with van der Waals surface area (Å²) in [7, 11) is 1.63. The number of ether oxygens (including phenoxy) is 4. The molecule has 0 spiro atoms. The summed E-state index contributed by atoms with van der Waals surface area (Å²) in [5, 5.41) is 0. The Morgan fingerprint density at radius 3 is 2.43 bits per heavy atom. The van der Waals surface area contributed by atoms with Gasteiger partial charge in [0.1, 0.15) is 12.7 Å². The average Bonchev–Trinajstić information content (AvgIpc) is 2.52. The van der Waals surface area contributed by atoms with Crippen molar-refractivity contribution in [3.8, 4) is 0 Å². The summed E-state index contributed by atoms with van der Waals surface area (Å²) in [4.78, 5) is 23.4. The van der Waals surface area contributed by atoms with Crippen molar-refractivity contribution < 1.29 is 28.5 Å². The maximum Gasteiger partial charge on any atom is 0.338 e. The van der Waals surface area contributed by atoms with E-state index in [2.05, 4.69) is 6.58 Å². The summed E-state index contributed by atoms with van der Waals surface area (Å²) >= 11 is 0. The third kappa shape index (κ3) is 6.31. The van der Waals surface area contributed by atoms with Gasteiger partial charge in [0.25, 0.3) is 0 Å². The monoisotopic (exact) mass is 328 g/mol. The molecule has 6 heteroatoms. The first-order valence-electron chi connectivity index (χ1n) is 8.01. The van der Waals surface area contributed by atoms with Gasteiger partial charge in [0.05, 0.1) is 12.2 Å². The van der Waals surface area contributed by atoms with Gasteiger partial charge in [-0.25, -0.2) is 9.59 Å². The SMILES string of the molecule is C=CC(=O)OCC(C)OC(C)(C)C(=O)OC1CCCCC1OC. The topological polar surface area (TPSA) is 71.1 Å². The predicted molar refractivity (Wildman–Crippen MR) is 84.9 cm³/mol. The fourth-order valence-corrected chi connectivity index (χ4v) is 2.59. The zero-order valence-electron chi connectivity index (χ0n) is 14.5. The smallest absolute Gasteiger partial charge is 0.338 e. The van der Waals surface area contributed by atoms with Gasteiger partial charge in [-0.1, -0.05) is 13.0 Å². The highest BCUT2D eigenvalue weighted by Gasteiger charge is 2.37. The summed E-state index contributed by atoms with van der Waals surface area (Å²) in [5.41, 5.74) is -1.13. The minimum absolute atomic E-state index is 0.0473. The molecule has 0 radical (unpaired) electrons. The normalized spacial score (nSPS) is 23.0. The number of carbonyl (C=O) groups is 2. The van der Waals surface area contributed by atoms with Crippen LogP contribution in [-0.2, 0) is 28.5 Å². The van der Waals surface area contributed by atoms with E-state index in [1.807, 2.05) is 0 Å². The molecule has 6 nitrogen and oxygen atoms in total. The van der Waals surface area contributed by atoms with Crippen LogP contribution < -0.4 is 0 Å². The molecule has 23 heavy (non-hydrogen) atoms. The summed E-state index contributed by atoms with van der Waals surface area (Å²) < 4.78 is 21.6. The molecule has 0 N–H and O–H groups in total. The lowest BCUT2D eigenvalue weighted by Crippen LogP contribution is -2.45. The van der Waals surface area contributed by atoms with E-state index in [0.717, 1.165) is 31.8 Å². The Bertz CT molecular complexity index is 417. The standard InChI is InChI=1S/C17H28O6/c1-6-15(18)21-11-12(2)23-17(3,4)16(19)22-14-10-8-7-9-13(14)20-5/h6,12-14H,1,7-11H2,2-5H3. The molecular weight excluding hydrogens is 300 g/mol. The van der Waals surface area contributed by atoms with Gasteiger partial charge < -0.3 is 18.9 Å².